The maximum atomic E-state index is 11.4. The third kappa shape index (κ3) is 1.61. The Morgan fingerprint density at radius 1 is 1.33 bits per heavy atom. The minimum Gasteiger partial charge on any atom is -0.293 e. The van der Waals surface area contributed by atoms with Gasteiger partial charge >= 0.3 is 0 Å². The van der Waals surface area contributed by atoms with Crippen molar-refractivity contribution in [1.29, 1.82) is 0 Å². The van der Waals surface area contributed by atoms with Gasteiger partial charge in [0, 0.05) is 21.7 Å². The fourth-order valence-corrected chi connectivity index (χ4v) is 2.53. The second-order valence-electron chi connectivity index (χ2n) is 3.11. The zero-order valence-corrected chi connectivity index (χ0v) is 8.30. The Morgan fingerprint density at radius 2 is 2.07 bits per heavy atom. The van der Waals surface area contributed by atoms with Crippen LogP contribution in [0, 0.1) is 4.91 Å². The Balaban J connectivity index is 2.70. The van der Waals surface area contributed by atoms with E-state index >= 15 is 0 Å². The van der Waals surface area contributed by atoms with Crippen LogP contribution in [0.5, 0.6) is 0 Å². The van der Waals surface area contributed by atoms with Crippen LogP contribution >= 0.6 is 0 Å². The summed E-state index contributed by atoms with van der Waals surface area (Å²) in [7, 11) is -3.66. The Bertz CT molecular complexity index is 550. The fraction of sp³-hybridized carbons (Fsp3) is 0.125. The van der Waals surface area contributed by atoms with Crippen molar-refractivity contribution in [2.75, 3.05) is 10.5 Å². The van der Waals surface area contributed by atoms with E-state index in [0.717, 1.165) is 0 Å². The maximum Gasteiger partial charge on any atom is 0.277 e. The van der Waals surface area contributed by atoms with E-state index in [0.29, 0.717) is 0 Å². The number of fused-ring (bicyclic) bond motifs is 1. The highest BCUT2D eigenvalue weighted by molar-refractivity contribution is 7.93. The second kappa shape index (κ2) is 3.13. The van der Waals surface area contributed by atoms with Gasteiger partial charge in [0.05, 0.1) is 0 Å². The molecule has 0 amide bonds. The normalized spacial score (nSPS) is 17.7. The largest absolute Gasteiger partial charge is 0.293 e. The molecule has 1 aliphatic rings. The van der Waals surface area contributed by atoms with Gasteiger partial charge in [-0.2, -0.15) is 0 Å². The molecule has 0 atom stereocenters. The minimum absolute atomic E-state index is 0.0313. The lowest BCUT2D eigenvalue weighted by atomic mass is 10.1. The van der Waals surface area contributed by atoms with Crippen LogP contribution < -0.4 is 9.90 Å². The molecule has 2 rings (SSSR count). The number of rotatable bonds is 1. The zero-order chi connectivity index (χ0) is 11.1. The van der Waals surface area contributed by atoms with Crippen molar-refractivity contribution in [3.05, 3.63) is 28.7 Å². The summed E-state index contributed by atoms with van der Waals surface area (Å²) < 4.78 is 24.6. The average Bonchev–Trinajstić information content (AvgIpc) is 2.15. The number of para-hydroxylation sites is 1. The van der Waals surface area contributed by atoms with Crippen LogP contribution in [0.25, 0.3) is 0 Å². The summed E-state index contributed by atoms with van der Waals surface area (Å²) in [5, 5.41) is 1.58. The first kappa shape index (κ1) is 9.78. The molecule has 0 fully saturated rings. The molecule has 78 valence electrons. The molecule has 1 heterocycles. The van der Waals surface area contributed by atoms with Gasteiger partial charge in [0.15, 0.2) is 5.78 Å². The lowest BCUT2D eigenvalue weighted by molar-refractivity contribution is -0.378. The highest BCUT2D eigenvalue weighted by Gasteiger charge is 2.31. The average molecular weight is 227 g/mol. The van der Waals surface area contributed by atoms with Crippen molar-refractivity contribution in [3.8, 4) is 0 Å². The summed E-state index contributed by atoms with van der Waals surface area (Å²) in [4.78, 5) is 21.9. The molecule has 1 aromatic carbocycles. The third-order valence-corrected chi connectivity index (χ3v) is 3.21. The van der Waals surface area contributed by atoms with Gasteiger partial charge < -0.3 is 0 Å². The monoisotopic (exact) mass is 227 g/mol. The van der Waals surface area contributed by atoms with E-state index in [1.807, 2.05) is 0 Å². The summed E-state index contributed by atoms with van der Waals surface area (Å²) in [5.74, 6) is -1.09. The van der Waals surface area contributed by atoms with Crippen LogP contribution in [0.2, 0.25) is 0 Å². The Hall–Kier alpha value is -1.76. The number of sulfonamides is 1. The molecule has 0 bridgehead atoms. The van der Waals surface area contributed by atoms with Crippen LogP contribution in [0.3, 0.4) is 0 Å². The molecule has 0 saturated heterocycles. The topological polar surface area (TPSA) is 94.3 Å². The number of hydrogen-bond acceptors (Lipinski definition) is 4. The van der Waals surface area contributed by atoms with E-state index in [1.165, 1.54) is 18.2 Å². The van der Waals surface area contributed by atoms with Crippen LogP contribution in [-0.4, -0.2) is 20.0 Å². The van der Waals surface area contributed by atoms with Gasteiger partial charge in [-0.05, 0) is 6.07 Å². The van der Waals surface area contributed by atoms with Gasteiger partial charge in [-0.3, -0.25) is 9.52 Å². The summed E-state index contributed by atoms with van der Waals surface area (Å²) in [6.45, 7) is 0. The highest BCUT2D eigenvalue weighted by Crippen LogP contribution is 2.27. The van der Waals surface area contributed by atoms with E-state index < -0.39 is 21.6 Å². The van der Waals surface area contributed by atoms with Gasteiger partial charge in [-0.25, -0.2) is 8.42 Å². The number of Topliss-reactive ketones (excluding diaryl/α,β-unsaturated/α-hetero) is 1. The fourth-order valence-electron chi connectivity index (χ4n) is 1.42. The number of anilines is 1. The summed E-state index contributed by atoms with van der Waals surface area (Å²) in [5.41, 5.74) is 0.290. The molecule has 6 nitrogen and oxygen atoms in total. The molecule has 7 heteroatoms. The van der Waals surface area contributed by atoms with Crippen molar-refractivity contribution >= 4 is 27.2 Å². The Labute approximate surface area is 85.3 Å². The van der Waals surface area contributed by atoms with Crippen LogP contribution in [0.4, 0.5) is 11.4 Å². The van der Waals surface area contributed by atoms with Gasteiger partial charge in [-0.1, -0.05) is 6.07 Å². The molecule has 1 aromatic rings. The molecule has 0 unspecified atom stereocenters. The van der Waals surface area contributed by atoms with Crippen molar-refractivity contribution in [3.63, 3.8) is 0 Å². The number of nitrogens with one attached hydrogen (secondary N) is 2. The van der Waals surface area contributed by atoms with Crippen LogP contribution in [0.1, 0.15) is 10.4 Å². The SMILES string of the molecule is O=[NH+]c1cccc2c1NS(=O)(=O)CC2=O. The third-order valence-electron chi connectivity index (χ3n) is 2.05. The van der Waals surface area contributed by atoms with Crippen molar-refractivity contribution in [2.24, 2.45) is 0 Å². The maximum absolute atomic E-state index is 11.4. The minimum atomic E-state index is -3.66. The van der Waals surface area contributed by atoms with E-state index in [9.17, 15) is 18.1 Å². The first-order chi connectivity index (χ1) is 7.03. The molecule has 1 aliphatic heterocycles. The van der Waals surface area contributed by atoms with E-state index in [1.54, 1.807) is 5.18 Å². The van der Waals surface area contributed by atoms with Crippen LogP contribution in [-0.2, 0) is 10.0 Å². The summed E-state index contributed by atoms with van der Waals surface area (Å²) >= 11 is 0. The molecular formula is C8H7N2O4S+. The Morgan fingerprint density at radius 3 is 2.73 bits per heavy atom. The lowest BCUT2D eigenvalue weighted by Crippen LogP contribution is -2.56. The molecule has 0 radical (unpaired) electrons. The molecule has 0 saturated carbocycles. The standard InChI is InChI=1S/C8H6N2O4S/c11-7-4-15(13,14)10-8-5(7)2-1-3-6(8)9-12/h1-3,10H,4H2/p+1. The van der Waals surface area contributed by atoms with E-state index in [2.05, 4.69) is 4.72 Å². The summed E-state index contributed by atoms with van der Waals surface area (Å²) in [6, 6.07) is 4.38. The zero-order valence-electron chi connectivity index (χ0n) is 7.48. The predicted molar refractivity (Wildman–Crippen MR) is 52.2 cm³/mol. The molecule has 0 spiro atoms. The molecule has 2 N–H and O–H groups in total. The highest BCUT2D eigenvalue weighted by atomic mass is 32.2. The van der Waals surface area contributed by atoms with Gasteiger partial charge in [0.2, 0.25) is 10.0 Å². The summed E-state index contributed by atoms with van der Waals surface area (Å²) in [6.07, 6.45) is 0. The predicted octanol–water partition coefficient (Wildman–Crippen LogP) is -0.897. The number of hydrogen-bond donors (Lipinski definition) is 2. The number of carbonyl (C=O) groups excluding carboxylic acids is 1. The quantitative estimate of drug-likeness (QED) is 0.650. The number of nitroso groups, excluding NO2 is 1. The second-order valence-corrected chi connectivity index (χ2v) is 4.84. The van der Waals surface area contributed by atoms with Gasteiger partial charge in [0.1, 0.15) is 11.4 Å². The van der Waals surface area contributed by atoms with Crippen molar-refractivity contribution in [2.45, 2.75) is 0 Å². The first-order valence-electron chi connectivity index (χ1n) is 4.08. The van der Waals surface area contributed by atoms with E-state index in [-0.39, 0.29) is 16.9 Å². The molecular weight excluding hydrogens is 220 g/mol. The van der Waals surface area contributed by atoms with Crippen molar-refractivity contribution < 1.29 is 18.4 Å². The molecule has 15 heavy (non-hydrogen) atoms. The number of ketones is 1. The molecule has 0 aromatic heterocycles. The number of benzene rings is 1. The number of carbonyl (C=O) groups is 1. The lowest BCUT2D eigenvalue weighted by Gasteiger charge is -2.15. The van der Waals surface area contributed by atoms with E-state index in [4.69, 9.17) is 0 Å². The molecule has 0 aliphatic carbocycles. The smallest absolute Gasteiger partial charge is 0.277 e. The van der Waals surface area contributed by atoms with Crippen LogP contribution in [0.15, 0.2) is 18.2 Å². The Kier molecular flexibility index (Phi) is 2.04. The first-order valence-corrected chi connectivity index (χ1v) is 5.73. The van der Waals surface area contributed by atoms with Crippen molar-refractivity contribution in [1.82, 2.24) is 0 Å². The van der Waals surface area contributed by atoms with Gasteiger partial charge in [-0.15, -0.1) is 0 Å². The van der Waals surface area contributed by atoms with Gasteiger partial charge in [0.25, 0.3) is 5.69 Å².